The van der Waals surface area contributed by atoms with Crippen LogP contribution in [0.1, 0.15) is 53.4 Å². The van der Waals surface area contributed by atoms with Crippen LogP contribution >= 0.6 is 11.8 Å². The molecule has 218 valence electrons. The molecule has 3 aliphatic heterocycles. The number of hydrogen-bond donors (Lipinski definition) is 2. The summed E-state index contributed by atoms with van der Waals surface area (Å²) in [5, 5.41) is 6.32. The van der Waals surface area contributed by atoms with Gasteiger partial charge in [0, 0.05) is 29.8 Å². The molecule has 0 aromatic heterocycles. The van der Waals surface area contributed by atoms with Gasteiger partial charge >= 0.3 is 0 Å². The highest BCUT2D eigenvalue weighted by atomic mass is 32.2. The summed E-state index contributed by atoms with van der Waals surface area (Å²) in [6, 6.07) is 6.87. The molecule has 1 aromatic rings. The molecule has 9 heteroatoms. The van der Waals surface area contributed by atoms with E-state index >= 15 is 0 Å². The van der Waals surface area contributed by atoms with E-state index in [4.69, 9.17) is 9.47 Å². The number of nitrogens with zero attached hydrogens (tertiary/aromatic N) is 1. The first-order chi connectivity index (χ1) is 19.2. The summed E-state index contributed by atoms with van der Waals surface area (Å²) in [5.41, 5.74) is -0.474. The fourth-order valence-corrected chi connectivity index (χ4v) is 7.50. The fourth-order valence-electron chi connectivity index (χ4n) is 7.04. The van der Waals surface area contributed by atoms with E-state index in [-0.39, 0.29) is 29.9 Å². The summed E-state index contributed by atoms with van der Waals surface area (Å²) in [7, 11) is 0. The highest BCUT2D eigenvalue weighted by molar-refractivity contribution is 7.98. The second kappa shape index (κ2) is 11.9. The topological polar surface area (TPSA) is 97.0 Å². The van der Waals surface area contributed by atoms with Gasteiger partial charge in [-0.15, -0.1) is 11.8 Å². The van der Waals surface area contributed by atoms with Crippen molar-refractivity contribution in [3.63, 3.8) is 0 Å². The van der Waals surface area contributed by atoms with Crippen molar-refractivity contribution in [3.05, 3.63) is 36.4 Å². The molecule has 3 heterocycles. The van der Waals surface area contributed by atoms with Gasteiger partial charge in [-0.1, -0.05) is 44.9 Å². The number of nitrogens with one attached hydrogen (secondary N) is 2. The lowest BCUT2D eigenvalue weighted by Crippen LogP contribution is -2.58. The van der Waals surface area contributed by atoms with E-state index < -0.39 is 29.6 Å². The summed E-state index contributed by atoms with van der Waals surface area (Å²) in [6.45, 7) is 9.23. The van der Waals surface area contributed by atoms with E-state index in [1.807, 2.05) is 56.5 Å². The molecule has 4 aliphatic rings. The van der Waals surface area contributed by atoms with Crippen molar-refractivity contribution in [1.82, 2.24) is 10.2 Å². The molecule has 1 saturated carbocycles. The Kier molecular flexibility index (Phi) is 8.64. The Balaban J connectivity index is 1.40. The Morgan fingerprint density at radius 3 is 2.77 bits per heavy atom. The summed E-state index contributed by atoms with van der Waals surface area (Å²) in [5.74, 6) is -1.23. The number of fused-ring (bicyclic) bond motifs is 1. The molecule has 3 fully saturated rings. The van der Waals surface area contributed by atoms with E-state index in [1.165, 1.54) is 0 Å². The highest BCUT2D eigenvalue weighted by Crippen LogP contribution is 2.55. The minimum absolute atomic E-state index is 0.0540. The van der Waals surface area contributed by atoms with Crippen LogP contribution in [0.25, 0.3) is 0 Å². The number of carbonyl (C=O) groups excluding carboxylic acids is 3. The minimum atomic E-state index is -1.16. The van der Waals surface area contributed by atoms with Crippen LogP contribution in [0.3, 0.4) is 0 Å². The van der Waals surface area contributed by atoms with Crippen LogP contribution in [0.15, 0.2) is 41.3 Å². The Morgan fingerprint density at radius 1 is 1.23 bits per heavy atom. The molecule has 8 nitrogen and oxygen atoms in total. The first-order valence-corrected chi connectivity index (χ1v) is 15.9. The third-order valence-electron chi connectivity index (χ3n) is 9.29. The second-order valence-corrected chi connectivity index (χ2v) is 13.0. The van der Waals surface area contributed by atoms with Crippen molar-refractivity contribution in [2.45, 2.75) is 88.2 Å². The monoisotopic (exact) mass is 569 g/mol. The van der Waals surface area contributed by atoms with Gasteiger partial charge < -0.3 is 25.0 Å². The Bertz CT molecular complexity index is 1160. The smallest absolute Gasteiger partial charge is 0.246 e. The Labute approximate surface area is 242 Å². The number of thioether (sulfide) groups is 1. The van der Waals surface area contributed by atoms with Gasteiger partial charge in [0.05, 0.1) is 24.0 Å². The van der Waals surface area contributed by atoms with Crippen molar-refractivity contribution in [1.29, 1.82) is 0 Å². The van der Waals surface area contributed by atoms with E-state index in [2.05, 4.69) is 24.5 Å². The standard InChI is InChI=1S/C31H43N3O5S/c1-18(2)38-16-8-15-34-27(29(36)33-23-12-6-9-19(3)20(23)4)31-14-13-24(39-31)25(26(31)30(34)37)28(35)32-21-10-7-11-22(17-21)40-5/h7,10-11,13-14,17-20,23-27H,6,8-9,12,15-16H2,1-5H3,(H,32,35)(H,33,36)/t19-,20+,23-,24+,25-,26+,27+,31+/m1/s1. The first-order valence-electron chi connectivity index (χ1n) is 14.7. The molecule has 2 N–H and O–H groups in total. The molecule has 3 amide bonds. The van der Waals surface area contributed by atoms with Crippen LogP contribution in [0.2, 0.25) is 0 Å². The van der Waals surface area contributed by atoms with Crippen LogP contribution in [0, 0.1) is 23.7 Å². The van der Waals surface area contributed by atoms with Gasteiger partial charge in [0.2, 0.25) is 17.7 Å². The van der Waals surface area contributed by atoms with Gasteiger partial charge in [-0.25, -0.2) is 0 Å². The molecule has 0 unspecified atom stereocenters. The molecule has 2 bridgehead atoms. The fraction of sp³-hybridized carbons (Fsp3) is 0.645. The Hall–Kier alpha value is -2.36. The van der Waals surface area contributed by atoms with E-state index in [0.29, 0.717) is 37.1 Å². The number of carbonyl (C=O) groups is 3. The van der Waals surface area contributed by atoms with Gasteiger partial charge in [-0.2, -0.15) is 0 Å². The lowest BCUT2D eigenvalue weighted by Gasteiger charge is -2.38. The summed E-state index contributed by atoms with van der Waals surface area (Å²) in [6.07, 6.45) is 9.01. The third kappa shape index (κ3) is 5.32. The maximum atomic E-state index is 14.1. The Morgan fingerprint density at radius 2 is 2.02 bits per heavy atom. The number of amides is 3. The van der Waals surface area contributed by atoms with Gasteiger partial charge in [0.1, 0.15) is 11.6 Å². The zero-order valence-corrected chi connectivity index (χ0v) is 25.0. The van der Waals surface area contributed by atoms with Crippen LogP contribution in [-0.2, 0) is 23.9 Å². The van der Waals surface area contributed by atoms with Crippen LogP contribution < -0.4 is 10.6 Å². The lowest BCUT2D eigenvalue weighted by atomic mass is 9.73. The number of benzene rings is 1. The van der Waals surface area contributed by atoms with E-state index in [1.54, 1.807) is 16.7 Å². The molecule has 1 spiro atoms. The summed E-state index contributed by atoms with van der Waals surface area (Å²) in [4.78, 5) is 44.5. The van der Waals surface area contributed by atoms with E-state index in [9.17, 15) is 14.4 Å². The second-order valence-electron chi connectivity index (χ2n) is 12.1. The molecular formula is C31H43N3O5S. The lowest BCUT2D eigenvalue weighted by molar-refractivity contribution is -0.142. The molecule has 5 rings (SSSR count). The molecule has 8 atom stereocenters. The van der Waals surface area contributed by atoms with Crippen molar-refractivity contribution in [2.75, 3.05) is 24.7 Å². The number of likely N-dealkylation sites (tertiary alicyclic amines) is 1. The molecular weight excluding hydrogens is 526 g/mol. The number of ether oxygens (including phenoxy) is 2. The van der Waals surface area contributed by atoms with Gasteiger partial charge in [0.15, 0.2) is 0 Å². The van der Waals surface area contributed by atoms with Crippen molar-refractivity contribution in [2.24, 2.45) is 23.7 Å². The minimum Gasteiger partial charge on any atom is -0.379 e. The van der Waals surface area contributed by atoms with Crippen molar-refractivity contribution in [3.8, 4) is 0 Å². The van der Waals surface area contributed by atoms with Gasteiger partial charge in [0.25, 0.3) is 0 Å². The SMILES string of the molecule is CSc1cccc(NC(=O)[C@@H]2[C@@H]3C=C[C@]4(O3)[C@@H]2C(=O)N(CCCOC(C)C)[C@H]4C(=O)N[C@@H]2CCC[C@@H](C)[C@@H]2C)c1. The quantitative estimate of drug-likeness (QED) is 0.248. The van der Waals surface area contributed by atoms with Crippen molar-refractivity contribution >= 4 is 35.2 Å². The van der Waals surface area contributed by atoms with Crippen LogP contribution in [0.5, 0.6) is 0 Å². The largest absolute Gasteiger partial charge is 0.379 e. The highest BCUT2D eigenvalue weighted by Gasteiger charge is 2.72. The predicted octanol–water partition coefficient (Wildman–Crippen LogP) is 4.25. The van der Waals surface area contributed by atoms with E-state index in [0.717, 1.165) is 24.2 Å². The number of anilines is 1. The third-order valence-corrected chi connectivity index (χ3v) is 10.0. The van der Waals surface area contributed by atoms with Gasteiger partial charge in [-0.3, -0.25) is 14.4 Å². The number of rotatable bonds is 10. The molecule has 2 saturated heterocycles. The first kappa shape index (κ1) is 29.1. The zero-order chi connectivity index (χ0) is 28.6. The number of hydrogen-bond acceptors (Lipinski definition) is 6. The molecule has 40 heavy (non-hydrogen) atoms. The van der Waals surface area contributed by atoms with Crippen LogP contribution in [-0.4, -0.2) is 71.9 Å². The average Bonchev–Trinajstić information content (AvgIpc) is 3.56. The molecule has 1 aromatic carbocycles. The van der Waals surface area contributed by atoms with Crippen LogP contribution in [0.4, 0.5) is 5.69 Å². The zero-order valence-electron chi connectivity index (χ0n) is 24.2. The molecule has 0 radical (unpaired) electrons. The maximum Gasteiger partial charge on any atom is 0.246 e. The van der Waals surface area contributed by atoms with Gasteiger partial charge in [-0.05, 0) is 63.0 Å². The summed E-state index contributed by atoms with van der Waals surface area (Å²) >= 11 is 1.60. The summed E-state index contributed by atoms with van der Waals surface area (Å²) < 4.78 is 12.2. The predicted molar refractivity (Wildman–Crippen MR) is 156 cm³/mol. The molecule has 1 aliphatic carbocycles. The average molecular weight is 570 g/mol. The maximum absolute atomic E-state index is 14.1. The van der Waals surface area contributed by atoms with Crippen molar-refractivity contribution < 1.29 is 23.9 Å². The normalized spacial score (nSPS) is 34.4.